The van der Waals surface area contributed by atoms with Crippen molar-refractivity contribution in [1.82, 2.24) is 14.9 Å². The summed E-state index contributed by atoms with van der Waals surface area (Å²) in [6.45, 7) is 3.35. The molecule has 29 heavy (non-hydrogen) atoms. The SMILES string of the molecule is COCCN(Cc1nc2ccccc2c(=O)[nH]1)C(=O)c1cc2c(s1)CCC(C)C2. The molecular weight excluding hydrogens is 386 g/mol. The Kier molecular flexibility index (Phi) is 5.78. The fourth-order valence-electron chi connectivity index (χ4n) is 3.81. The number of nitrogens with zero attached hydrogens (tertiary/aromatic N) is 2. The van der Waals surface area contributed by atoms with E-state index in [4.69, 9.17) is 4.74 Å². The van der Waals surface area contributed by atoms with Crippen molar-refractivity contribution in [1.29, 1.82) is 0 Å². The molecule has 0 spiro atoms. The minimum Gasteiger partial charge on any atom is -0.383 e. The smallest absolute Gasteiger partial charge is 0.264 e. The van der Waals surface area contributed by atoms with Crippen LogP contribution in [0.3, 0.4) is 0 Å². The molecule has 7 heteroatoms. The number of fused-ring (bicyclic) bond motifs is 2. The van der Waals surface area contributed by atoms with Crippen LogP contribution >= 0.6 is 11.3 Å². The van der Waals surface area contributed by atoms with Gasteiger partial charge in [0.2, 0.25) is 0 Å². The number of thiophene rings is 1. The molecule has 0 saturated heterocycles. The molecule has 0 fully saturated rings. The highest BCUT2D eigenvalue weighted by molar-refractivity contribution is 7.14. The van der Waals surface area contributed by atoms with Crippen LogP contribution in [0.2, 0.25) is 0 Å². The van der Waals surface area contributed by atoms with E-state index in [1.54, 1.807) is 29.4 Å². The fraction of sp³-hybridized carbons (Fsp3) is 0.409. The Hall–Kier alpha value is -2.51. The lowest BCUT2D eigenvalue weighted by Crippen LogP contribution is -2.34. The van der Waals surface area contributed by atoms with Crippen LogP contribution in [-0.2, 0) is 24.1 Å². The van der Waals surface area contributed by atoms with Gasteiger partial charge in [0.1, 0.15) is 5.82 Å². The highest BCUT2D eigenvalue weighted by Gasteiger charge is 2.24. The van der Waals surface area contributed by atoms with Gasteiger partial charge in [-0.3, -0.25) is 9.59 Å². The maximum atomic E-state index is 13.3. The van der Waals surface area contributed by atoms with Crippen LogP contribution in [0.4, 0.5) is 0 Å². The number of aryl methyl sites for hydroxylation is 1. The molecule has 1 amide bonds. The second-order valence-electron chi connectivity index (χ2n) is 7.66. The number of hydrogen-bond acceptors (Lipinski definition) is 5. The Morgan fingerprint density at radius 3 is 3.03 bits per heavy atom. The summed E-state index contributed by atoms with van der Waals surface area (Å²) >= 11 is 1.60. The highest BCUT2D eigenvalue weighted by Crippen LogP contribution is 2.32. The van der Waals surface area contributed by atoms with Gasteiger partial charge in [0.25, 0.3) is 11.5 Å². The van der Waals surface area contributed by atoms with Gasteiger partial charge in [-0.15, -0.1) is 11.3 Å². The van der Waals surface area contributed by atoms with Gasteiger partial charge < -0.3 is 14.6 Å². The van der Waals surface area contributed by atoms with E-state index < -0.39 is 0 Å². The van der Waals surface area contributed by atoms with Crippen molar-refractivity contribution in [3.63, 3.8) is 0 Å². The van der Waals surface area contributed by atoms with Gasteiger partial charge in [-0.05, 0) is 48.9 Å². The number of aromatic nitrogens is 2. The molecule has 3 aromatic rings. The predicted octanol–water partition coefficient (Wildman–Crippen LogP) is 3.40. The van der Waals surface area contributed by atoms with E-state index in [-0.39, 0.29) is 18.0 Å². The van der Waals surface area contributed by atoms with Gasteiger partial charge in [0, 0.05) is 18.5 Å². The molecule has 1 aliphatic carbocycles. The highest BCUT2D eigenvalue weighted by atomic mass is 32.1. The number of amides is 1. The molecule has 0 bridgehead atoms. The summed E-state index contributed by atoms with van der Waals surface area (Å²) in [5, 5.41) is 0.547. The van der Waals surface area contributed by atoms with E-state index in [0.29, 0.717) is 35.8 Å². The van der Waals surface area contributed by atoms with E-state index in [9.17, 15) is 9.59 Å². The molecule has 2 aromatic heterocycles. The van der Waals surface area contributed by atoms with Crippen molar-refractivity contribution in [2.24, 2.45) is 5.92 Å². The van der Waals surface area contributed by atoms with Crippen molar-refractivity contribution in [2.75, 3.05) is 20.3 Å². The molecule has 0 radical (unpaired) electrons. The zero-order chi connectivity index (χ0) is 20.4. The van der Waals surface area contributed by atoms with Crippen LogP contribution in [0.25, 0.3) is 10.9 Å². The van der Waals surface area contributed by atoms with Crippen LogP contribution in [0.15, 0.2) is 35.1 Å². The predicted molar refractivity (Wildman–Crippen MR) is 114 cm³/mol. The Morgan fingerprint density at radius 2 is 2.21 bits per heavy atom. The van der Waals surface area contributed by atoms with Crippen LogP contribution < -0.4 is 5.56 Å². The van der Waals surface area contributed by atoms with E-state index in [1.807, 2.05) is 24.3 Å². The molecule has 1 aromatic carbocycles. The Morgan fingerprint density at radius 1 is 1.38 bits per heavy atom. The molecule has 1 N–H and O–H groups in total. The number of carbonyl (C=O) groups excluding carboxylic acids is 1. The minimum atomic E-state index is -0.190. The maximum Gasteiger partial charge on any atom is 0.264 e. The molecule has 2 heterocycles. The number of H-pyrrole nitrogens is 1. The van der Waals surface area contributed by atoms with Gasteiger partial charge in [0.15, 0.2) is 0 Å². The number of nitrogens with one attached hydrogen (secondary N) is 1. The largest absolute Gasteiger partial charge is 0.383 e. The summed E-state index contributed by atoms with van der Waals surface area (Å²) in [5.41, 5.74) is 1.75. The summed E-state index contributed by atoms with van der Waals surface area (Å²) in [6, 6.07) is 9.27. The zero-order valence-corrected chi connectivity index (χ0v) is 17.6. The van der Waals surface area contributed by atoms with Crippen molar-refractivity contribution >= 4 is 28.1 Å². The first-order valence-electron chi connectivity index (χ1n) is 9.93. The summed E-state index contributed by atoms with van der Waals surface area (Å²) in [4.78, 5) is 36.8. The molecular formula is C22H25N3O3S. The summed E-state index contributed by atoms with van der Waals surface area (Å²) in [5.74, 6) is 1.11. The average molecular weight is 412 g/mol. The molecule has 1 aliphatic rings. The maximum absolute atomic E-state index is 13.3. The molecule has 0 saturated carbocycles. The fourth-order valence-corrected chi connectivity index (χ4v) is 4.99. The third-order valence-corrected chi connectivity index (χ3v) is 6.62. The van der Waals surface area contributed by atoms with Crippen molar-refractivity contribution < 1.29 is 9.53 Å². The van der Waals surface area contributed by atoms with Crippen LogP contribution in [0, 0.1) is 5.92 Å². The number of hydrogen-bond donors (Lipinski definition) is 1. The molecule has 152 valence electrons. The van der Waals surface area contributed by atoms with Crippen molar-refractivity contribution in [3.05, 3.63) is 61.8 Å². The number of benzene rings is 1. The lowest BCUT2D eigenvalue weighted by atomic mass is 9.90. The van der Waals surface area contributed by atoms with E-state index in [2.05, 4.69) is 16.9 Å². The number of aromatic amines is 1. The Labute approximate surface area is 173 Å². The number of carbonyl (C=O) groups is 1. The van der Waals surface area contributed by atoms with Gasteiger partial charge >= 0.3 is 0 Å². The van der Waals surface area contributed by atoms with Gasteiger partial charge in [-0.2, -0.15) is 0 Å². The number of para-hydroxylation sites is 1. The van der Waals surface area contributed by atoms with Crippen LogP contribution in [-0.4, -0.2) is 41.0 Å². The van der Waals surface area contributed by atoms with Gasteiger partial charge in [-0.25, -0.2) is 4.98 Å². The Balaban J connectivity index is 1.61. The summed E-state index contributed by atoms with van der Waals surface area (Å²) in [6.07, 6.45) is 3.26. The third-order valence-electron chi connectivity index (χ3n) is 5.40. The van der Waals surface area contributed by atoms with Crippen LogP contribution in [0.5, 0.6) is 0 Å². The van der Waals surface area contributed by atoms with E-state index >= 15 is 0 Å². The number of methoxy groups -OCH3 is 1. The van der Waals surface area contributed by atoms with Crippen molar-refractivity contribution in [3.8, 4) is 0 Å². The van der Waals surface area contributed by atoms with Crippen LogP contribution in [0.1, 0.15) is 39.3 Å². The van der Waals surface area contributed by atoms with Gasteiger partial charge in [-0.1, -0.05) is 19.1 Å². The first-order chi connectivity index (χ1) is 14.0. The number of rotatable bonds is 6. The first-order valence-corrected chi connectivity index (χ1v) is 10.7. The average Bonchev–Trinajstić information content (AvgIpc) is 3.14. The lowest BCUT2D eigenvalue weighted by Gasteiger charge is -2.21. The third kappa shape index (κ3) is 4.26. The van der Waals surface area contributed by atoms with Crippen molar-refractivity contribution in [2.45, 2.75) is 32.7 Å². The number of ether oxygens (including phenoxy) is 1. The molecule has 4 rings (SSSR count). The lowest BCUT2D eigenvalue weighted by molar-refractivity contribution is 0.0680. The van der Waals surface area contributed by atoms with Gasteiger partial charge in [0.05, 0.1) is 28.9 Å². The van der Waals surface area contributed by atoms with E-state index in [0.717, 1.165) is 17.7 Å². The Bertz CT molecular complexity index is 1090. The monoisotopic (exact) mass is 411 g/mol. The first kappa shape index (κ1) is 19.8. The molecule has 6 nitrogen and oxygen atoms in total. The summed E-state index contributed by atoms with van der Waals surface area (Å²) in [7, 11) is 1.62. The second-order valence-corrected chi connectivity index (χ2v) is 8.79. The molecule has 0 aliphatic heterocycles. The molecule has 1 atom stereocenters. The standard InChI is InChI=1S/C22H25N3O3S/c1-14-7-8-18-15(11-14)12-19(29-18)22(27)25(9-10-28-2)13-20-23-17-6-4-3-5-16(17)21(26)24-20/h3-6,12,14H,7-11,13H2,1-2H3,(H,23,24,26). The normalized spacial score (nSPS) is 16.0. The minimum absolute atomic E-state index is 0.0371. The summed E-state index contributed by atoms with van der Waals surface area (Å²) < 4.78 is 5.20. The zero-order valence-electron chi connectivity index (χ0n) is 16.7. The molecule has 1 unspecified atom stereocenters. The quantitative estimate of drug-likeness (QED) is 0.675. The topological polar surface area (TPSA) is 75.3 Å². The van der Waals surface area contributed by atoms with E-state index in [1.165, 1.54) is 16.9 Å². The second kappa shape index (κ2) is 8.47.